The van der Waals surface area contributed by atoms with Crippen LogP contribution < -0.4 is 0 Å². The van der Waals surface area contributed by atoms with Gasteiger partial charge in [0.05, 0.1) is 0 Å². The summed E-state index contributed by atoms with van der Waals surface area (Å²) in [4.78, 5) is 16.3. The van der Waals surface area contributed by atoms with Crippen LogP contribution >= 0.6 is 15.2 Å². The van der Waals surface area contributed by atoms with Gasteiger partial charge in [0.1, 0.15) is 0 Å². The van der Waals surface area contributed by atoms with E-state index in [9.17, 15) is 9.13 Å². The summed E-state index contributed by atoms with van der Waals surface area (Å²) < 4.78 is 29.1. The second-order valence-corrected chi connectivity index (χ2v) is 6.12. The van der Waals surface area contributed by atoms with E-state index in [1.165, 1.54) is 13.3 Å². The zero-order valence-electron chi connectivity index (χ0n) is 6.13. The Labute approximate surface area is 64.2 Å². The summed E-state index contributed by atoms with van der Waals surface area (Å²) in [5, 5.41) is 0. The van der Waals surface area contributed by atoms with E-state index in [4.69, 9.17) is 9.79 Å². The maximum absolute atomic E-state index is 10.7. The van der Waals surface area contributed by atoms with Crippen molar-refractivity contribution in [2.24, 2.45) is 0 Å². The predicted molar refractivity (Wildman–Crippen MR) is 38.5 cm³/mol. The summed E-state index contributed by atoms with van der Waals surface area (Å²) in [6, 6.07) is 0. The van der Waals surface area contributed by atoms with Crippen LogP contribution in [-0.4, -0.2) is 29.9 Å². The van der Waals surface area contributed by atoms with Crippen LogP contribution in [0.2, 0.25) is 0 Å². The molecule has 0 bridgehead atoms. The van der Waals surface area contributed by atoms with Gasteiger partial charge in [0, 0.05) is 13.3 Å². The van der Waals surface area contributed by atoms with Crippen LogP contribution in [0.4, 0.5) is 0 Å². The minimum atomic E-state index is -4.50. The van der Waals surface area contributed by atoms with Crippen molar-refractivity contribution in [1.82, 2.24) is 0 Å². The molecule has 6 nitrogen and oxygen atoms in total. The average molecular weight is 204 g/mol. The number of hydrogen-bond acceptors (Lipinski definition) is 4. The molecule has 0 saturated heterocycles. The highest BCUT2D eigenvalue weighted by molar-refractivity contribution is 7.57. The molecule has 0 fully saturated rings. The van der Waals surface area contributed by atoms with Crippen LogP contribution in [0.1, 0.15) is 0 Å². The maximum Gasteiger partial charge on any atom is 0.471 e. The molecule has 0 aliphatic rings. The Bertz CT molecular complexity index is 178. The molecule has 0 amide bonds. The van der Waals surface area contributed by atoms with Crippen molar-refractivity contribution in [1.29, 1.82) is 0 Å². The lowest BCUT2D eigenvalue weighted by molar-refractivity contribution is 0.0868. The Morgan fingerprint density at radius 3 is 1.91 bits per heavy atom. The first kappa shape index (κ1) is 11.3. The lowest BCUT2D eigenvalue weighted by Crippen LogP contribution is -1.95. The topological polar surface area (TPSA) is 93.1 Å². The highest BCUT2D eigenvalue weighted by Gasteiger charge is 2.15. The molecular formula is C3H10O6P2. The molecule has 0 saturated carbocycles. The number of phosphoric ester groups is 1. The van der Waals surface area contributed by atoms with Crippen molar-refractivity contribution in [3.63, 3.8) is 0 Å². The van der Waals surface area contributed by atoms with Crippen molar-refractivity contribution in [3.8, 4) is 0 Å². The molecule has 0 aromatic carbocycles. The average Bonchev–Trinajstić information content (AvgIpc) is 1.55. The van der Waals surface area contributed by atoms with Gasteiger partial charge in [-0.25, -0.2) is 4.57 Å². The van der Waals surface area contributed by atoms with Crippen LogP contribution in [0.25, 0.3) is 0 Å². The Hall–Kier alpha value is 0.300. The molecular weight excluding hydrogens is 194 g/mol. The van der Waals surface area contributed by atoms with Gasteiger partial charge in [-0.05, 0) is 0 Å². The summed E-state index contributed by atoms with van der Waals surface area (Å²) in [6.07, 6.45) is 0. The Morgan fingerprint density at radius 1 is 1.18 bits per heavy atom. The van der Waals surface area contributed by atoms with Gasteiger partial charge >= 0.3 is 7.82 Å². The van der Waals surface area contributed by atoms with E-state index in [1.54, 1.807) is 0 Å². The van der Waals surface area contributed by atoms with Crippen LogP contribution in [0.3, 0.4) is 0 Å². The first-order valence-electron chi connectivity index (χ1n) is 2.60. The zero-order valence-corrected chi connectivity index (χ0v) is 7.92. The van der Waals surface area contributed by atoms with E-state index in [0.29, 0.717) is 0 Å². The molecule has 0 rings (SSSR count). The molecule has 0 unspecified atom stereocenters. The van der Waals surface area contributed by atoms with Crippen molar-refractivity contribution in [3.05, 3.63) is 0 Å². The molecule has 8 heteroatoms. The maximum atomic E-state index is 10.7. The summed E-state index contributed by atoms with van der Waals surface area (Å²) in [5.74, 6) is 0. The second-order valence-electron chi connectivity index (χ2n) is 2.12. The van der Waals surface area contributed by atoms with Gasteiger partial charge in [-0.1, -0.05) is 0 Å². The fourth-order valence-corrected chi connectivity index (χ4v) is 0.799. The van der Waals surface area contributed by atoms with Gasteiger partial charge in [-0.2, -0.15) is 0 Å². The summed E-state index contributed by atoms with van der Waals surface area (Å²) in [5.41, 5.74) is 0. The molecule has 0 radical (unpaired) electrons. The minimum Gasteiger partial charge on any atom is -0.303 e. The number of hydrogen-bond donors (Lipinski definition) is 2. The minimum absolute atomic E-state index is 0.658. The molecule has 2 N–H and O–H groups in total. The van der Waals surface area contributed by atoms with E-state index < -0.39 is 22.0 Å². The highest BCUT2D eigenvalue weighted by Crippen LogP contribution is 2.41. The van der Waals surface area contributed by atoms with E-state index >= 15 is 0 Å². The third-order valence-corrected chi connectivity index (χ3v) is 1.75. The van der Waals surface area contributed by atoms with E-state index in [1.807, 2.05) is 0 Å². The fourth-order valence-electron chi connectivity index (χ4n) is 0.219. The van der Waals surface area contributed by atoms with E-state index in [0.717, 1.165) is 0 Å². The highest BCUT2D eigenvalue weighted by atomic mass is 31.2. The monoisotopic (exact) mass is 204 g/mol. The quantitative estimate of drug-likeness (QED) is 0.514. The van der Waals surface area contributed by atoms with Crippen LogP contribution in [0.5, 0.6) is 0 Å². The molecule has 0 aromatic heterocycles. The van der Waals surface area contributed by atoms with Gasteiger partial charge < -0.3 is 14.3 Å². The molecule has 0 spiro atoms. The van der Waals surface area contributed by atoms with E-state index in [-0.39, 0.29) is 0 Å². The number of phosphoric acid groups is 1. The SMILES string of the molecule is CP(C)(=O)OCOP(=O)(O)O. The van der Waals surface area contributed by atoms with Gasteiger partial charge in [0.15, 0.2) is 14.2 Å². The molecule has 0 aliphatic heterocycles. The Balaban J connectivity index is 3.61. The normalized spacial score (nSPS) is 13.5. The first-order chi connectivity index (χ1) is 4.71. The summed E-state index contributed by atoms with van der Waals surface area (Å²) in [7, 11) is -7.22. The zero-order chi connectivity index (χ0) is 9.12. The third kappa shape index (κ3) is 10.3. The largest absolute Gasteiger partial charge is 0.471 e. The van der Waals surface area contributed by atoms with Gasteiger partial charge in [0.25, 0.3) is 0 Å². The van der Waals surface area contributed by atoms with Gasteiger partial charge in [0.2, 0.25) is 0 Å². The number of rotatable bonds is 4. The summed E-state index contributed by atoms with van der Waals surface area (Å²) >= 11 is 0. The Kier molecular flexibility index (Phi) is 3.91. The van der Waals surface area contributed by atoms with Crippen molar-refractivity contribution < 1.29 is 28.0 Å². The van der Waals surface area contributed by atoms with Crippen molar-refractivity contribution in [2.45, 2.75) is 0 Å². The van der Waals surface area contributed by atoms with E-state index in [2.05, 4.69) is 9.05 Å². The Morgan fingerprint density at radius 2 is 1.64 bits per heavy atom. The fraction of sp³-hybridized carbons (Fsp3) is 1.00. The van der Waals surface area contributed by atoms with Crippen LogP contribution in [0.15, 0.2) is 0 Å². The van der Waals surface area contributed by atoms with Crippen LogP contribution in [0, 0.1) is 0 Å². The lowest BCUT2D eigenvalue weighted by Gasteiger charge is -2.08. The summed E-state index contributed by atoms with van der Waals surface area (Å²) in [6.45, 7) is 1.97. The first-order valence-corrected chi connectivity index (χ1v) is 6.65. The standard InChI is InChI=1S/C3H10O6P2/c1-10(2,4)8-3-9-11(5,6)7/h3H2,1-2H3,(H2,5,6,7). The smallest absolute Gasteiger partial charge is 0.303 e. The second kappa shape index (κ2) is 3.81. The van der Waals surface area contributed by atoms with Gasteiger partial charge in [-0.15, -0.1) is 0 Å². The molecule has 11 heavy (non-hydrogen) atoms. The van der Waals surface area contributed by atoms with Crippen molar-refractivity contribution in [2.75, 3.05) is 20.1 Å². The third-order valence-electron chi connectivity index (χ3n) is 0.584. The molecule has 68 valence electrons. The molecule has 0 aromatic rings. The van der Waals surface area contributed by atoms with Gasteiger partial charge in [-0.3, -0.25) is 9.09 Å². The lowest BCUT2D eigenvalue weighted by atomic mass is 11.6. The molecule has 0 atom stereocenters. The molecule has 0 aliphatic carbocycles. The molecule has 0 heterocycles. The van der Waals surface area contributed by atoms with Crippen molar-refractivity contribution >= 4 is 15.2 Å². The predicted octanol–water partition coefficient (Wildman–Crippen LogP) is 0.607. The van der Waals surface area contributed by atoms with Crippen LogP contribution in [-0.2, 0) is 18.2 Å².